The van der Waals surface area contributed by atoms with E-state index in [1.807, 2.05) is 0 Å². The Kier molecular flexibility index (Phi) is 2.79. The first-order valence-corrected chi connectivity index (χ1v) is 5.73. The predicted molar refractivity (Wildman–Crippen MR) is 59.5 cm³/mol. The summed E-state index contributed by atoms with van der Waals surface area (Å²) in [5, 5.41) is 10.8. The highest BCUT2D eigenvalue weighted by Crippen LogP contribution is 2.22. The molecule has 0 amide bonds. The number of aromatic nitrogens is 2. The van der Waals surface area contributed by atoms with Crippen molar-refractivity contribution in [3.05, 3.63) is 35.7 Å². The van der Waals surface area contributed by atoms with Crippen LogP contribution in [0.2, 0.25) is 0 Å². The quantitative estimate of drug-likeness (QED) is 0.905. The van der Waals surface area contributed by atoms with Crippen molar-refractivity contribution < 1.29 is 13.2 Å². The van der Waals surface area contributed by atoms with Crippen LogP contribution in [-0.4, -0.2) is 16.2 Å². The number of nitrogens with zero attached hydrogens (tertiary/aromatic N) is 2. The summed E-state index contributed by atoms with van der Waals surface area (Å²) in [4.78, 5) is 0. The van der Waals surface area contributed by atoms with Gasteiger partial charge in [0, 0.05) is 17.7 Å². The molecule has 1 aliphatic carbocycles. The summed E-state index contributed by atoms with van der Waals surface area (Å²) in [5.41, 5.74) is 0.248. The van der Waals surface area contributed by atoms with Crippen LogP contribution in [0.3, 0.4) is 0 Å². The van der Waals surface area contributed by atoms with Gasteiger partial charge >= 0.3 is 0 Å². The number of nitrogens with one attached hydrogen (secondary N) is 1. The van der Waals surface area contributed by atoms with Gasteiger partial charge in [-0.2, -0.15) is 0 Å². The molecule has 1 aromatic carbocycles. The van der Waals surface area contributed by atoms with E-state index in [1.54, 1.807) is 0 Å². The highest BCUT2D eigenvalue weighted by Gasteiger charge is 2.21. The summed E-state index contributed by atoms with van der Waals surface area (Å²) in [7, 11) is 0. The first-order valence-electron chi connectivity index (χ1n) is 5.73. The van der Waals surface area contributed by atoms with Crippen LogP contribution < -0.4 is 5.32 Å². The lowest BCUT2D eigenvalue weighted by molar-refractivity contribution is 0.475. The van der Waals surface area contributed by atoms with E-state index in [0.717, 1.165) is 31.0 Å². The van der Waals surface area contributed by atoms with Crippen LogP contribution >= 0.6 is 0 Å². The Balaban J connectivity index is 1.78. The molecule has 0 radical (unpaired) electrons. The van der Waals surface area contributed by atoms with Crippen molar-refractivity contribution in [2.24, 2.45) is 0 Å². The summed E-state index contributed by atoms with van der Waals surface area (Å²) >= 11 is 0. The van der Waals surface area contributed by atoms with Crippen LogP contribution in [0.1, 0.15) is 18.7 Å². The zero-order chi connectivity index (χ0) is 12.5. The molecule has 0 unspecified atom stereocenters. The van der Waals surface area contributed by atoms with Gasteiger partial charge in [-0.1, -0.05) is 0 Å². The average Bonchev–Trinajstić information content (AvgIpc) is 3.02. The van der Waals surface area contributed by atoms with Crippen molar-refractivity contribution in [2.75, 3.05) is 0 Å². The summed E-state index contributed by atoms with van der Waals surface area (Å²) in [6.07, 6.45) is 2.33. The highest BCUT2D eigenvalue weighted by atomic mass is 19.1. The lowest BCUT2D eigenvalue weighted by Gasteiger charge is -1.97. The van der Waals surface area contributed by atoms with Gasteiger partial charge in [0.15, 0.2) is 0 Å². The first-order chi connectivity index (χ1) is 8.70. The Hall–Kier alpha value is -1.82. The van der Waals surface area contributed by atoms with E-state index in [-0.39, 0.29) is 11.5 Å². The lowest BCUT2D eigenvalue weighted by atomic mass is 10.2. The number of hydrogen-bond acceptors (Lipinski definition) is 4. The van der Waals surface area contributed by atoms with Crippen LogP contribution in [0, 0.1) is 11.6 Å². The van der Waals surface area contributed by atoms with Gasteiger partial charge in [-0.05, 0) is 25.0 Å². The molecular weight excluding hydrogens is 240 g/mol. The van der Waals surface area contributed by atoms with E-state index >= 15 is 0 Å². The monoisotopic (exact) mass is 251 g/mol. The molecule has 1 N–H and O–H groups in total. The minimum Gasteiger partial charge on any atom is -0.419 e. The molecule has 1 aromatic heterocycles. The molecule has 0 aliphatic heterocycles. The third-order valence-corrected chi connectivity index (χ3v) is 2.70. The van der Waals surface area contributed by atoms with Crippen LogP contribution in [0.5, 0.6) is 0 Å². The van der Waals surface area contributed by atoms with Crippen molar-refractivity contribution in [3.63, 3.8) is 0 Å². The molecule has 0 bridgehead atoms. The maximum absolute atomic E-state index is 13.0. The molecule has 1 saturated carbocycles. The molecule has 0 saturated heterocycles. The number of hydrogen-bond donors (Lipinski definition) is 1. The molecule has 3 rings (SSSR count). The van der Waals surface area contributed by atoms with Crippen molar-refractivity contribution in [1.82, 2.24) is 15.5 Å². The summed E-state index contributed by atoms with van der Waals surface area (Å²) in [5.74, 6) is -0.788. The van der Waals surface area contributed by atoms with Gasteiger partial charge in [0.25, 0.3) is 0 Å². The highest BCUT2D eigenvalue weighted by molar-refractivity contribution is 5.52. The Morgan fingerprint density at radius 1 is 1.17 bits per heavy atom. The summed E-state index contributed by atoms with van der Waals surface area (Å²) < 4.78 is 31.4. The van der Waals surface area contributed by atoms with Gasteiger partial charge in [0.05, 0.1) is 6.54 Å². The first kappa shape index (κ1) is 11.3. The van der Waals surface area contributed by atoms with Crippen LogP contribution in [0.4, 0.5) is 8.78 Å². The van der Waals surface area contributed by atoms with E-state index in [9.17, 15) is 8.78 Å². The largest absolute Gasteiger partial charge is 0.419 e. The minimum atomic E-state index is -0.666. The Morgan fingerprint density at radius 2 is 1.89 bits per heavy atom. The fourth-order valence-electron chi connectivity index (χ4n) is 1.64. The smallest absolute Gasteiger partial charge is 0.248 e. The Labute approximate surface area is 102 Å². The van der Waals surface area contributed by atoms with Gasteiger partial charge < -0.3 is 9.73 Å². The zero-order valence-electron chi connectivity index (χ0n) is 9.49. The zero-order valence-corrected chi connectivity index (χ0v) is 9.49. The van der Waals surface area contributed by atoms with E-state index in [4.69, 9.17) is 4.42 Å². The third-order valence-electron chi connectivity index (χ3n) is 2.70. The summed E-state index contributed by atoms with van der Waals surface area (Å²) in [6.45, 7) is 0.482. The average molecular weight is 251 g/mol. The second kappa shape index (κ2) is 4.45. The standard InChI is InChI=1S/C12H11F2N3O/c13-8-3-7(4-9(14)5-8)12-17-16-11(18-12)6-15-10-1-2-10/h3-5,10,15H,1-2,6H2. The molecule has 0 spiro atoms. The van der Waals surface area contributed by atoms with Crippen molar-refractivity contribution >= 4 is 0 Å². The number of rotatable bonds is 4. The molecular formula is C12H11F2N3O. The van der Waals surface area contributed by atoms with Crippen molar-refractivity contribution in [1.29, 1.82) is 0 Å². The van der Waals surface area contributed by atoms with Gasteiger partial charge in [-0.15, -0.1) is 10.2 Å². The maximum atomic E-state index is 13.0. The van der Waals surface area contributed by atoms with Gasteiger partial charge in [-0.3, -0.25) is 0 Å². The molecule has 1 fully saturated rings. The van der Waals surface area contributed by atoms with E-state index < -0.39 is 11.6 Å². The van der Waals surface area contributed by atoms with Gasteiger partial charge in [0.2, 0.25) is 11.8 Å². The van der Waals surface area contributed by atoms with Crippen LogP contribution in [-0.2, 0) is 6.54 Å². The van der Waals surface area contributed by atoms with E-state index in [1.165, 1.54) is 0 Å². The predicted octanol–water partition coefficient (Wildman–Crippen LogP) is 2.27. The topological polar surface area (TPSA) is 51.0 Å². The molecule has 2 aromatic rings. The van der Waals surface area contributed by atoms with Crippen LogP contribution in [0.15, 0.2) is 22.6 Å². The molecule has 18 heavy (non-hydrogen) atoms. The molecule has 0 atom stereocenters. The van der Waals surface area contributed by atoms with Gasteiger partial charge in [-0.25, -0.2) is 8.78 Å². The van der Waals surface area contributed by atoms with Gasteiger partial charge in [0.1, 0.15) is 11.6 Å². The maximum Gasteiger partial charge on any atom is 0.248 e. The lowest BCUT2D eigenvalue weighted by Crippen LogP contribution is -2.15. The fourth-order valence-corrected chi connectivity index (χ4v) is 1.64. The fraction of sp³-hybridized carbons (Fsp3) is 0.333. The van der Waals surface area contributed by atoms with Crippen molar-refractivity contribution in [2.45, 2.75) is 25.4 Å². The molecule has 94 valence electrons. The number of halogens is 2. The van der Waals surface area contributed by atoms with Crippen molar-refractivity contribution in [3.8, 4) is 11.5 Å². The molecule has 6 heteroatoms. The summed E-state index contributed by atoms with van der Waals surface area (Å²) in [6, 6.07) is 3.66. The Bertz CT molecular complexity index is 546. The van der Waals surface area contributed by atoms with Crippen LogP contribution in [0.25, 0.3) is 11.5 Å². The molecule has 1 heterocycles. The third kappa shape index (κ3) is 2.53. The second-order valence-electron chi connectivity index (χ2n) is 4.31. The van der Waals surface area contributed by atoms with E-state index in [0.29, 0.717) is 18.5 Å². The van der Waals surface area contributed by atoms with E-state index in [2.05, 4.69) is 15.5 Å². The molecule has 1 aliphatic rings. The normalized spacial score (nSPS) is 15.0. The second-order valence-corrected chi connectivity index (χ2v) is 4.31. The minimum absolute atomic E-state index is 0.126. The molecule has 4 nitrogen and oxygen atoms in total. The SMILES string of the molecule is Fc1cc(F)cc(-c2nnc(CNC3CC3)o2)c1. The Morgan fingerprint density at radius 3 is 2.56 bits per heavy atom. The number of benzene rings is 1.